The van der Waals surface area contributed by atoms with Crippen molar-refractivity contribution in [3.63, 3.8) is 0 Å². The van der Waals surface area contributed by atoms with Crippen LogP contribution in [-0.2, 0) is 40.6 Å². The molecule has 0 atom stereocenters. The molecule has 19 heteroatoms. The second-order valence-corrected chi connectivity index (χ2v) is 5.56. The first-order chi connectivity index (χ1) is 9.78. The summed E-state index contributed by atoms with van der Waals surface area (Å²) < 4.78 is 17.8. The third kappa shape index (κ3) is 45.4. The molecule has 0 aliphatic carbocycles. The zero-order valence-electron chi connectivity index (χ0n) is 11.2. The van der Waals surface area contributed by atoms with E-state index < -0.39 is 52.0 Å². The van der Waals surface area contributed by atoms with Crippen LogP contribution >= 0.6 is 15.6 Å². The first kappa shape index (κ1) is 36.1. The predicted molar refractivity (Wildman–Crippen MR) is 72.8 cm³/mol. The van der Waals surface area contributed by atoms with Crippen molar-refractivity contribution < 1.29 is 90.4 Å². The molecule has 15 nitrogen and oxygen atoms in total. The predicted octanol–water partition coefficient (Wildman–Crippen LogP) is -3.76. The number of phosphoric acid groups is 2. The number of aliphatic carboxylic acids is 3. The molecule has 0 saturated heterocycles. The Morgan fingerprint density at radius 3 is 0.960 bits per heavy atom. The molecule has 0 aliphatic rings. The van der Waals surface area contributed by atoms with Crippen molar-refractivity contribution in [1.29, 1.82) is 0 Å². The van der Waals surface area contributed by atoms with Crippen LogP contribution in [0.25, 0.3) is 0 Å². The van der Waals surface area contributed by atoms with E-state index in [1.54, 1.807) is 0 Å². The molecular weight excluding hydrogens is 453 g/mol. The van der Waals surface area contributed by atoms with E-state index in [4.69, 9.17) is 58.9 Å². The zero-order chi connectivity index (χ0) is 19.6. The van der Waals surface area contributed by atoms with Gasteiger partial charge in [-0.2, -0.15) is 0 Å². The summed E-state index contributed by atoms with van der Waals surface area (Å²) in [5, 5.41) is 33.8. The third-order valence-electron chi connectivity index (χ3n) is 1.29. The monoisotopic (exact) mass is 468 g/mol. The summed E-state index contributed by atoms with van der Waals surface area (Å²) in [5.74, 6) is -5.02. The van der Waals surface area contributed by atoms with Crippen molar-refractivity contribution in [2.45, 2.75) is 18.4 Å². The molecule has 0 fully saturated rings. The normalized spacial score (nSPS) is 10.4. The fourth-order valence-corrected chi connectivity index (χ4v) is 0.714. The Hall–Kier alpha value is 0.109. The van der Waals surface area contributed by atoms with E-state index in [0.717, 1.165) is 0 Å². The van der Waals surface area contributed by atoms with Gasteiger partial charge in [-0.25, -0.2) is 13.9 Å². The van der Waals surface area contributed by atoms with Crippen LogP contribution in [0.3, 0.4) is 0 Å². The molecule has 25 heavy (non-hydrogen) atoms. The maximum absolute atomic E-state index is 10.3. The van der Waals surface area contributed by atoms with Crippen molar-refractivity contribution in [2.24, 2.45) is 0 Å². The molecule has 148 valence electrons. The molecule has 0 aromatic carbocycles. The van der Waals surface area contributed by atoms with Crippen LogP contribution in [0.1, 0.15) is 12.8 Å². The number of carboxylic acids is 3. The summed E-state index contributed by atoms with van der Waals surface area (Å²) in [6, 6.07) is 0. The number of rotatable bonds is 5. The van der Waals surface area contributed by atoms with Gasteiger partial charge in [-0.15, -0.1) is 0 Å². The number of carbonyl (C=O) groups is 3. The van der Waals surface area contributed by atoms with Gasteiger partial charge in [0.05, 0.1) is 12.8 Å². The molecule has 0 aromatic heterocycles. The Morgan fingerprint density at radius 2 is 0.880 bits per heavy atom. The van der Waals surface area contributed by atoms with E-state index in [1.807, 2.05) is 0 Å². The van der Waals surface area contributed by atoms with Gasteiger partial charge in [-0.05, 0) is 0 Å². The number of carboxylic acid groups (broad SMARTS) is 3. The van der Waals surface area contributed by atoms with E-state index in [0.29, 0.717) is 0 Å². The minimum absolute atomic E-state index is 0. The van der Waals surface area contributed by atoms with E-state index in [1.165, 1.54) is 0 Å². The molecule has 0 aromatic rings. The Kier molecular flexibility index (Phi) is 21.9. The van der Waals surface area contributed by atoms with Crippen LogP contribution in [0, 0.1) is 0 Å². The van der Waals surface area contributed by atoms with Gasteiger partial charge < -0.3 is 49.8 Å². The Balaban J connectivity index is -0.0000000933. The van der Waals surface area contributed by atoms with Crippen LogP contribution in [-0.4, -0.2) is 103 Å². The molecule has 0 amide bonds. The van der Waals surface area contributed by atoms with Gasteiger partial charge in [0.15, 0.2) is 5.60 Å². The van der Waals surface area contributed by atoms with Gasteiger partial charge in [-0.3, -0.25) is 9.59 Å². The van der Waals surface area contributed by atoms with Gasteiger partial charge in [0.2, 0.25) is 0 Å². The minimum atomic E-state index is -4.64. The second-order valence-electron chi connectivity index (χ2n) is 3.50. The fraction of sp³-hybridized carbons (Fsp3) is 0.500. The standard InChI is InChI=1S/C6H8O7.Fe.Na.2H3O4P.H/c7-3(8)1-6(13,5(11)12)2-4(9)10;;;2*1-5(2,3)4;/h13H,1-2H2,(H,7,8)(H,9,10)(H,11,12);;;2*(H3,1,2,3,4);. The molecular formula is C6H15FeNaO15P2. The van der Waals surface area contributed by atoms with E-state index in [-0.39, 0.29) is 46.6 Å². The molecule has 0 radical (unpaired) electrons. The molecule has 0 spiro atoms. The summed E-state index contributed by atoms with van der Waals surface area (Å²) in [5.41, 5.74) is -2.74. The van der Waals surface area contributed by atoms with E-state index in [2.05, 4.69) is 0 Å². The second kappa shape index (κ2) is 15.2. The van der Waals surface area contributed by atoms with Crippen LogP contribution in [0.4, 0.5) is 0 Å². The van der Waals surface area contributed by atoms with Gasteiger partial charge >= 0.3 is 63.1 Å². The van der Waals surface area contributed by atoms with E-state index in [9.17, 15) is 14.4 Å². The molecule has 0 bridgehead atoms. The first-order valence-corrected chi connectivity index (χ1v) is 7.87. The van der Waals surface area contributed by atoms with Gasteiger partial charge in [-0.1, -0.05) is 0 Å². The molecule has 0 unspecified atom stereocenters. The Labute approximate surface area is 171 Å². The molecule has 10 N–H and O–H groups in total. The van der Waals surface area contributed by atoms with Gasteiger partial charge in [0.25, 0.3) is 0 Å². The number of hydrogen-bond acceptors (Lipinski definition) is 6. The number of hydrogen-bond donors (Lipinski definition) is 10. The first-order valence-electron chi connectivity index (χ1n) is 4.74. The molecule has 0 rings (SSSR count). The van der Waals surface area contributed by atoms with Gasteiger partial charge in [0, 0.05) is 17.1 Å². The summed E-state index contributed by atoms with van der Waals surface area (Å²) in [6.45, 7) is 0. The molecule has 0 heterocycles. The summed E-state index contributed by atoms with van der Waals surface area (Å²) in [7, 11) is -9.28. The van der Waals surface area contributed by atoms with Crippen LogP contribution in [0.2, 0.25) is 0 Å². The average Bonchev–Trinajstić information content (AvgIpc) is 2.07. The quantitative estimate of drug-likeness (QED) is 0.137. The average molecular weight is 468 g/mol. The van der Waals surface area contributed by atoms with E-state index >= 15 is 0 Å². The SMILES string of the molecule is O=C(O)CC(O)(CC(=O)O)C(=O)O.O=P(O)(O)O.O=P(O)(O)O.[Fe].[NaH]. The summed E-state index contributed by atoms with van der Waals surface area (Å²) in [6.07, 6.45) is -2.29. The zero-order valence-corrected chi connectivity index (χ0v) is 14.1. The van der Waals surface area contributed by atoms with Crippen LogP contribution in [0.5, 0.6) is 0 Å². The Morgan fingerprint density at radius 1 is 0.720 bits per heavy atom. The van der Waals surface area contributed by atoms with Crippen molar-refractivity contribution in [3.8, 4) is 0 Å². The Bertz CT molecular complexity index is 458. The summed E-state index contributed by atoms with van der Waals surface area (Å²) >= 11 is 0. The fourth-order valence-electron chi connectivity index (χ4n) is 0.714. The number of aliphatic hydroxyl groups is 1. The van der Waals surface area contributed by atoms with Crippen molar-refractivity contribution in [2.75, 3.05) is 0 Å². The van der Waals surface area contributed by atoms with Crippen molar-refractivity contribution in [3.05, 3.63) is 0 Å². The van der Waals surface area contributed by atoms with Crippen molar-refractivity contribution >= 4 is 63.1 Å². The maximum atomic E-state index is 10.3. The van der Waals surface area contributed by atoms with Crippen LogP contribution < -0.4 is 0 Å². The topological polar surface area (TPSA) is 288 Å². The molecule has 0 saturated carbocycles. The summed E-state index contributed by atoms with van der Waals surface area (Å²) in [4.78, 5) is 73.6. The van der Waals surface area contributed by atoms with Crippen molar-refractivity contribution in [1.82, 2.24) is 0 Å². The van der Waals surface area contributed by atoms with Gasteiger partial charge in [0.1, 0.15) is 0 Å². The molecule has 0 aliphatic heterocycles. The third-order valence-corrected chi connectivity index (χ3v) is 1.29. The van der Waals surface area contributed by atoms with Crippen LogP contribution in [0.15, 0.2) is 0 Å².